The average molecular weight is 279 g/mol. The highest BCUT2D eigenvalue weighted by Crippen LogP contribution is 2.26. The van der Waals surface area contributed by atoms with E-state index in [0.29, 0.717) is 18.6 Å². The number of nitrogens with one attached hydrogen (secondary N) is 1. The summed E-state index contributed by atoms with van der Waals surface area (Å²) < 4.78 is 16.8. The van der Waals surface area contributed by atoms with Crippen LogP contribution in [0.4, 0.5) is 0 Å². The van der Waals surface area contributed by atoms with E-state index in [2.05, 4.69) is 12.2 Å². The van der Waals surface area contributed by atoms with Crippen LogP contribution in [0, 0.1) is 5.92 Å². The first-order chi connectivity index (χ1) is 9.85. The third-order valence-corrected chi connectivity index (χ3v) is 3.68. The summed E-state index contributed by atoms with van der Waals surface area (Å²) in [5, 5.41) is 3.57. The lowest BCUT2D eigenvalue weighted by Crippen LogP contribution is -2.41. The van der Waals surface area contributed by atoms with E-state index in [1.54, 1.807) is 7.11 Å². The van der Waals surface area contributed by atoms with Crippen molar-refractivity contribution in [3.63, 3.8) is 0 Å². The third kappa shape index (κ3) is 4.12. The largest absolute Gasteiger partial charge is 0.493 e. The van der Waals surface area contributed by atoms with Crippen molar-refractivity contribution < 1.29 is 14.2 Å². The minimum absolute atomic E-state index is 0.336. The second kappa shape index (κ2) is 8.12. The van der Waals surface area contributed by atoms with Gasteiger partial charge in [-0.3, -0.25) is 0 Å². The maximum atomic E-state index is 5.96. The fourth-order valence-corrected chi connectivity index (χ4v) is 2.48. The molecule has 0 aliphatic carbocycles. The van der Waals surface area contributed by atoms with Crippen molar-refractivity contribution in [1.82, 2.24) is 5.32 Å². The molecule has 0 spiro atoms. The molecule has 0 amide bonds. The molecule has 0 aromatic heterocycles. The van der Waals surface area contributed by atoms with Crippen molar-refractivity contribution in [1.29, 1.82) is 0 Å². The molecular formula is C16H25NO3. The number of ether oxygens (including phenoxy) is 3. The molecule has 0 saturated carbocycles. The number of hydrogen-bond donors (Lipinski definition) is 1. The Morgan fingerprint density at radius 3 is 2.80 bits per heavy atom. The van der Waals surface area contributed by atoms with Gasteiger partial charge in [0.05, 0.1) is 13.7 Å². The minimum atomic E-state index is 0.336. The van der Waals surface area contributed by atoms with Crippen molar-refractivity contribution in [3.8, 4) is 11.5 Å². The Morgan fingerprint density at radius 2 is 2.15 bits per heavy atom. The number of hydrogen-bond acceptors (Lipinski definition) is 4. The molecule has 4 nitrogen and oxygen atoms in total. The predicted molar refractivity (Wildman–Crippen MR) is 79.5 cm³/mol. The van der Waals surface area contributed by atoms with Crippen LogP contribution in [0.15, 0.2) is 24.3 Å². The van der Waals surface area contributed by atoms with Gasteiger partial charge < -0.3 is 19.5 Å². The van der Waals surface area contributed by atoms with Crippen molar-refractivity contribution in [3.05, 3.63) is 24.3 Å². The topological polar surface area (TPSA) is 39.7 Å². The first kappa shape index (κ1) is 15.1. The van der Waals surface area contributed by atoms with Crippen LogP contribution in [-0.4, -0.2) is 39.5 Å². The van der Waals surface area contributed by atoms with Crippen molar-refractivity contribution >= 4 is 0 Å². The number of para-hydroxylation sites is 2. The van der Waals surface area contributed by atoms with Gasteiger partial charge in [-0.1, -0.05) is 19.1 Å². The molecule has 1 aliphatic heterocycles. The van der Waals surface area contributed by atoms with Gasteiger partial charge in [-0.15, -0.1) is 0 Å². The van der Waals surface area contributed by atoms with Crippen LogP contribution in [0.25, 0.3) is 0 Å². The highest BCUT2D eigenvalue weighted by molar-refractivity contribution is 5.39. The zero-order valence-corrected chi connectivity index (χ0v) is 12.4. The van der Waals surface area contributed by atoms with Crippen LogP contribution in [0.1, 0.15) is 19.8 Å². The Kier molecular flexibility index (Phi) is 6.15. The number of benzene rings is 1. The van der Waals surface area contributed by atoms with Crippen LogP contribution < -0.4 is 14.8 Å². The molecule has 4 heteroatoms. The molecular weight excluding hydrogens is 254 g/mol. The maximum Gasteiger partial charge on any atom is 0.161 e. The molecule has 1 saturated heterocycles. The summed E-state index contributed by atoms with van der Waals surface area (Å²) in [4.78, 5) is 0. The van der Waals surface area contributed by atoms with Gasteiger partial charge >= 0.3 is 0 Å². The molecule has 0 radical (unpaired) electrons. The highest BCUT2D eigenvalue weighted by atomic mass is 16.5. The Bertz CT molecular complexity index is 391. The fraction of sp³-hybridized carbons (Fsp3) is 0.625. The van der Waals surface area contributed by atoms with Gasteiger partial charge in [0.25, 0.3) is 0 Å². The first-order valence-corrected chi connectivity index (χ1v) is 7.42. The predicted octanol–water partition coefficient (Wildman–Crippen LogP) is 2.48. The highest BCUT2D eigenvalue weighted by Gasteiger charge is 2.26. The molecule has 112 valence electrons. The molecule has 1 aliphatic rings. The van der Waals surface area contributed by atoms with Gasteiger partial charge in [0.15, 0.2) is 11.5 Å². The monoisotopic (exact) mass is 279 g/mol. The zero-order chi connectivity index (χ0) is 14.2. The van der Waals surface area contributed by atoms with E-state index in [1.807, 2.05) is 24.3 Å². The quantitative estimate of drug-likeness (QED) is 0.793. The molecule has 1 aromatic rings. The smallest absolute Gasteiger partial charge is 0.161 e. The number of methoxy groups -OCH3 is 1. The van der Waals surface area contributed by atoms with Gasteiger partial charge in [0, 0.05) is 18.6 Å². The average Bonchev–Trinajstić information content (AvgIpc) is 3.02. The lowest BCUT2D eigenvalue weighted by Gasteiger charge is -2.24. The summed E-state index contributed by atoms with van der Waals surface area (Å²) in [5.74, 6) is 2.12. The number of rotatable bonds is 8. The second-order valence-corrected chi connectivity index (χ2v) is 5.15. The van der Waals surface area contributed by atoms with Crippen LogP contribution in [0.2, 0.25) is 0 Å². The third-order valence-electron chi connectivity index (χ3n) is 3.68. The fourth-order valence-electron chi connectivity index (χ4n) is 2.48. The molecule has 1 aromatic carbocycles. The van der Waals surface area contributed by atoms with E-state index >= 15 is 0 Å². The van der Waals surface area contributed by atoms with Gasteiger partial charge in [-0.2, -0.15) is 0 Å². The summed E-state index contributed by atoms with van der Waals surface area (Å²) in [6.45, 7) is 5.53. The van der Waals surface area contributed by atoms with Crippen molar-refractivity contribution in [2.75, 3.05) is 33.5 Å². The van der Waals surface area contributed by atoms with Crippen LogP contribution >= 0.6 is 0 Å². The summed E-state index contributed by atoms with van der Waals surface area (Å²) in [6, 6.07) is 8.11. The Labute approximate surface area is 121 Å². The van der Waals surface area contributed by atoms with Crippen molar-refractivity contribution in [2.45, 2.75) is 25.8 Å². The SMILES string of the molecule is CCCNC(COc1ccccc1OC)C1CCOC1. The summed E-state index contributed by atoms with van der Waals surface area (Å²) >= 11 is 0. The summed E-state index contributed by atoms with van der Waals surface area (Å²) in [7, 11) is 1.67. The lowest BCUT2D eigenvalue weighted by molar-refractivity contribution is 0.159. The van der Waals surface area contributed by atoms with Crippen LogP contribution in [-0.2, 0) is 4.74 Å². The molecule has 1 heterocycles. The normalized spacial score (nSPS) is 19.8. The Hall–Kier alpha value is -1.26. The van der Waals surface area contributed by atoms with Gasteiger partial charge in [-0.05, 0) is 31.5 Å². The lowest BCUT2D eigenvalue weighted by atomic mass is 9.99. The van der Waals surface area contributed by atoms with E-state index < -0.39 is 0 Å². The van der Waals surface area contributed by atoms with Crippen LogP contribution in [0.5, 0.6) is 11.5 Å². The Morgan fingerprint density at radius 1 is 1.35 bits per heavy atom. The second-order valence-electron chi connectivity index (χ2n) is 5.15. The van der Waals surface area contributed by atoms with Gasteiger partial charge in [0.1, 0.15) is 6.61 Å². The zero-order valence-electron chi connectivity index (χ0n) is 12.4. The standard InChI is InChI=1S/C16H25NO3/c1-3-9-17-14(13-8-10-19-11-13)12-20-16-7-5-4-6-15(16)18-2/h4-7,13-14,17H,3,8-12H2,1-2H3. The summed E-state index contributed by atoms with van der Waals surface area (Å²) in [5.41, 5.74) is 0. The molecule has 2 atom stereocenters. The molecule has 1 N–H and O–H groups in total. The van der Waals surface area contributed by atoms with E-state index in [-0.39, 0.29) is 0 Å². The van der Waals surface area contributed by atoms with Gasteiger partial charge in [-0.25, -0.2) is 0 Å². The summed E-state index contributed by atoms with van der Waals surface area (Å²) in [6.07, 6.45) is 2.23. The van der Waals surface area contributed by atoms with Crippen LogP contribution in [0.3, 0.4) is 0 Å². The Balaban J connectivity index is 1.93. The molecule has 1 fully saturated rings. The van der Waals surface area contributed by atoms with E-state index in [0.717, 1.165) is 44.1 Å². The van der Waals surface area contributed by atoms with E-state index in [9.17, 15) is 0 Å². The molecule has 0 bridgehead atoms. The first-order valence-electron chi connectivity index (χ1n) is 7.42. The van der Waals surface area contributed by atoms with E-state index in [1.165, 1.54) is 0 Å². The molecule has 2 unspecified atom stereocenters. The molecule has 20 heavy (non-hydrogen) atoms. The molecule has 2 rings (SSSR count). The maximum absolute atomic E-state index is 5.96. The van der Waals surface area contributed by atoms with Gasteiger partial charge in [0.2, 0.25) is 0 Å². The van der Waals surface area contributed by atoms with E-state index in [4.69, 9.17) is 14.2 Å². The minimum Gasteiger partial charge on any atom is -0.493 e. The van der Waals surface area contributed by atoms with Crippen molar-refractivity contribution in [2.24, 2.45) is 5.92 Å².